The molecule has 1 amide bonds. The van der Waals surface area contributed by atoms with E-state index in [0.29, 0.717) is 5.69 Å². The molecule has 0 spiro atoms. The maximum absolute atomic E-state index is 12.1. The lowest BCUT2D eigenvalue weighted by molar-refractivity contribution is 0.170. The van der Waals surface area contributed by atoms with Crippen molar-refractivity contribution in [2.75, 3.05) is 24.5 Å². The third-order valence-corrected chi connectivity index (χ3v) is 4.26. The normalized spacial score (nSPS) is 15.8. The molecule has 0 N–H and O–H groups in total. The van der Waals surface area contributed by atoms with Crippen LogP contribution in [0.2, 0.25) is 0 Å². The van der Waals surface area contributed by atoms with Crippen molar-refractivity contribution in [1.82, 2.24) is 4.31 Å². The van der Waals surface area contributed by atoms with Gasteiger partial charge >= 0.3 is 16.3 Å². The van der Waals surface area contributed by atoms with Crippen LogP contribution in [0.15, 0.2) is 30.3 Å². The Labute approximate surface area is 99.6 Å². The van der Waals surface area contributed by atoms with Gasteiger partial charge in [-0.2, -0.15) is 12.7 Å². The van der Waals surface area contributed by atoms with Crippen molar-refractivity contribution >= 4 is 22.0 Å². The smallest absolute Gasteiger partial charge is 0.425 e. The highest BCUT2D eigenvalue weighted by molar-refractivity contribution is 7.91. The van der Waals surface area contributed by atoms with Crippen LogP contribution in [0, 0.1) is 0 Å². The van der Waals surface area contributed by atoms with Gasteiger partial charge in [0.2, 0.25) is 0 Å². The van der Waals surface area contributed by atoms with Gasteiger partial charge in [-0.05, 0) is 12.1 Å². The molecule has 0 radical (unpaired) electrons. The van der Waals surface area contributed by atoms with Crippen molar-refractivity contribution in [3.63, 3.8) is 0 Å². The van der Waals surface area contributed by atoms with Gasteiger partial charge in [-0.3, -0.25) is 4.31 Å². The molecule has 6 nitrogen and oxygen atoms in total. The van der Waals surface area contributed by atoms with E-state index in [4.69, 9.17) is 0 Å². The Bertz CT molecular complexity index is 514. The van der Waals surface area contributed by atoms with Crippen LogP contribution in [0.5, 0.6) is 0 Å². The molecule has 92 valence electrons. The molecule has 2 rings (SSSR count). The Morgan fingerprint density at radius 2 is 1.94 bits per heavy atom. The zero-order valence-electron chi connectivity index (χ0n) is 9.24. The Balaban J connectivity index is 2.30. The second kappa shape index (κ2) is 4.25. The number of cyclic esters (lactones) is 1. The van der Waals surface area contributed by atoms with Crippen LogP contribution in [-0.4, -0.2) is 39.0 Å². The van der Waals surface area contributed by atoms with Gasteiger partial charge in [-0.15, -0.1) is 0 Å². The van der Waals surface area contributed by atoms with Gasteiger partial charge in [0.25, 0.3) is 0 Å². The van der Waals surface area contributed by atoms with Crippen LogP contribution < -0.4 is 4.31 Å². The molecule has 0 unspecified atom stereocenters. The predicted molar refractivity (Wildman–Crippen MR) is 61.8 cm³/mol. The third-order valence-electron chi connectivity index (χ3n) is 2.47. The summed E-state index contributed by atoms with van der Waals surface area (Å²) < 4.78 is 30.6. The molecule has 1 aliphatic rings. The van der Waals surface area contributed by atoms with Gasteiger partial charge in [0.05, 0.1) is 12.2 Å². The summed E-state index contributed by atoms with van der Waals surface area (Å²) >= 11 is 0. The standard InChI is InChI=1S/C10H12N2O4S/c1-11(9-5-3-2-4-6-9)17(14,15)12-7-8-16-10(12)13/h2-6H,7-8H2,1H3. The molecule has 17 heavy (non-hydrogen) atoms. The summed E-state index contributed by atoms with van der Waals surface area (Å²) in [5, 5.41) is 0. The van der Waals surface area contributed by atoms with Gasteiger partial charge in [0.15, 0.2) is 0 Å². The number of ether oxygens (including phenoxy) is 1. The van der Waals surface area contributed by atoms with Crippen molar-refractivity contribution in [3.05, 3.63) is 30.3 Å². The lowest BCUT2D eigenvalue weighted by Gasteiger charge is -2.23. The molecule has 0 aliphatic carbocycles. The largest absolute Gasteiger partial charge is 0.447 e. The molecule has 0 aromatic heterocycles. The van der Waals surface area contributed by atoms with Crippen LogP contribution in [0.1, 0.15) is 0 Å². The summed E-state index contributed by atoms with van der Waals surface area (Å²) in [5.41, 5.74) is 0.493. The number of nitrogens with zero attached hydrogens (tertiary/aromatic N) is 2. The average molecular weight is 256 g/mol. The molecule has 1 aliphatic heterocycles. The van der Waals surface area contributed by atoms with E-state index in [1.54, 1.807) is 30.3 Å². The van der Waals surface area contributed by atoms with E-state index in [1.165, 1.54) is 7.05 Å². The Morgan fingerprint density at radius 3 is 2.47 bits per heavy atom. The van der Waals surface area contributed by atoms with E-state index < -0.39 is 16.3 Å². The Kier molecular flexibility index (Phi) is 2.93. The van der Waals surface area contributed by atoms with Crippen molar-refractivity contribution < 1.29 is 17.9 Å². The molecule has 0 saturated carbocycles. The van der Waals surface area contributed by atoms with Gasteiger partial charge in [0.1, 0.15) is 6.61 Å². The van der Waals surface area contributed by atoms with E-state index >= 15 is 0 Å². The minimum absolute atomic E-state index is 0.0539. The fraction of sp³-hybridized carbons (Fsp3) is 0.300. The molecule has 0 atom stereocenters. The number of carbonyl (C=O) groups excluding carboxylic acids is 1. The van der Waals surface area contributed by atoms with E-state index in [1.807, 2.05) is 0 Å². The Morgan fingerprint density at radius 1 is 1.29 bits per heavy atom. The van der Waals surface area contributed by atoms with Gasteiger partial charge in [-0.1, -0.05) is 18.2 Å². The number of hydrogen-bond donors (Lipinski definition) is 0. The minimum Gasteiger partial charge on any atom is -0.447 e. The average Bonchev–Trinajstić information content (AvgIpc) is 2.76. The number of rotatable bonds is 3. The first-order chi connectivity index (χ1) is 8.03. The Hall–Kier alpha value is -1.76. The van der Waals surface area contributed by atoms with Crippen LogP contribution in [0.4, 0.5) is 10.5 Å². The third kappa shape index (κ3) is 2.05. The minimum atomic E-state index is -3.85. The maximum Gasteiger partial charge on any atom is 0.425 e. The first kappa shape index (κ1) is 11.7. The number of benzene rings is 1. The van der Waals surface area contributed by atoms with Crippen LogP contribution >= 0.6 is 0 Å². The first-order valence-electron chi connectivity index (χ1n) is 5.02. The van der Waals surface area contributed by atoms with Crippen LogP contribution in [0.3, 0.4) is 0 Å². The van der Waals surface area contributed by atoms with E-state index in [0.717, 1.165) is 8.61 Å². The van der Waals surface area contributed by atoms with E-state index in [-0.39, 0.29) is 13.2 Å². The van der Waals surface area contributed by atoms with Gasteiger partial charge in [0, 0.05) is 7.05 Å². The summed E-state index contributed by atoms with van der Waals surface area (Å²) in [4.78, 5) is 11.3. The predicted octanol–water partition coefficient (Wildman–Crippen LogP) is 0.820. The molecular weight excluding hydrogens is 244 g/mol. The van der Waals surface area contributed by atoms with Crippen molar-refractivity contribution in [1.29, 1.82) is 0 Å². The van der Waals surface area contributed by atoms with Gasteiger partial charge < -0.3 is 4.74 Å². The zero-order chi connectivity index (χ0) is 12.5. The molecule has 1 aromatic rings. The van der Waals surface area contributed by atoms with E-state index in [2.05, 4.69) is 4.74 Å². The highest BCUT2D eigenvalue weighted by Gasteiger charge is 2.36. The number of anilines is 1. The number of hydrogen-bond acceptors (Lipinski definition) is 4. The summed E-state index contributed by atoms with van der Waals surface area (Å²) in [6, 6.07) is 8.54. The molecule has 1 aromatic carbocycles. The number of amides is 1. The van der Waals surface area contributed by atoms with Crippen molar-refractivity contribution in [2.24, 2.45) is 0 Å². The fourth-order valence-corrected chi connectivity index (χ4v) is 2.74. The van der Waals surface area contributed by atoms with Crippen molar-refractivity contribution in [2.45, 2.75) is 0 Å². The SMILES string of the molecule is CN(c1ccccc1)S(=O)(=O)N1CCOC1=O. The molecule has 0 bridgehead atoms. The fourth-order valence-electron chi connectivity index (χ4n) is 1.51. The quantitative estimate of drug-likeness (QED) is 0.803. The summed E-state index contributed by atoms with van der Waals surface area (Å²) in [6.45, 7) is 0.152. The number of para-hydroxylation sites is 1. The number of carbonyl (C=O) groups is 1. The molecule has 1 saturated heterocycles. The monoisotopic (exact) mass is 256 g/mol. The lowest BCUT2D eigenvalue weighted by atomic mass is 10.3. The highest BCUT2D eigenvalue weighted by atomic mass is 32.2. The molecule has 1 heterocycles. The maximum atomic E-state index is 12.1. The highest BCUT2D eigenvalue weighted by Crippen LogP contribution is 2.20. The molecular formula is C10H12N2O4S. The first-order valence-corrected chi connectivity index (χ1v) is 6.41. The van der Waals surface area contributed by atoms with Crippen LogP contribution in [-0.2, 0) is 14.9 Å². The van der Waals surface area contributed by atoms with Crippen molar-refractivity contribution in [3.8, 4) is 0 Å². The summed E-state index contributed by atoms with van der Waals surface area (Å²) in [7, 11) is -2.45. The van der Waals surface area contributed by atoms with Gasteiger partial charge in [-0.25, -0.2) is 4.79 Å². The topological polar surface area (TPSA) is 66.9 Å². The van der Waals surface area contributed by atoms with Crippen LogP contribution in [0.25, 0.3) is 0 Å². The summed E-state index contributed by atoms with van der Waals surface area (Å²) in [6.07, 6.45) is -0.826. The van der Waals surface area contributed by atoms with E-state index in [9.17, 15) is 13.2 Å². The second-order valence-corrected chi connectivity index (χ2v) is 5.38. The molecule has 7 heteroatoms. The second-order valence-electron chi connectivity index (χ2n) is 3.50. The summed E-state index contributed by atoms with van der Waals surface area (Å²) in [5.74, 6) is 0. The lowest BCUT2D eigenvalue weighted by Crippen LogP contribution is -2.42. The zero-order valence-corrected chi connectivity index (χ0v) is 10.1. The molecule has 1 fully saturated rings.